The Labute approximate surface area is 191 Å². The number of pyridine rings is 2. The molecular weight excluding hydrogens is 420 g/mol. The van der Waals surface area contributed by atoms with Crippen molar-refractivity contribution in [2.24, 2.45) is 0 Å². The molecule has 7 nitrogen and oxygen atoms in total. The van der Waals surface area contributed by atoms with Crippen LogP contribution in [-0.4, -0.2) is 36.3 Å². The van der Waals surface area contributed by atoms with Crippen molar-refractivity contribution >= 4 is 5.97 Å². The van der Waals surface area contributed by atoms with Crippen LogP contribution in [0.3, 0.4) is 0 Å². The maximum Gasteiger partial charge on any atom is 0.343 e. The lowest BCUT2D eigenvalue weighted by Crippen LogP contribution is -2.46. The predicted octanol–water partition coefficient (Wildman–Crippen LogP) is 4.21. The largest absolute Gasteiger partial charge is 0.496 e. The van der Waals surface area contributed by atoms with Crippen molar-refractivity contribution in [3.63, 3.8) is 0 Å². The van der Waals surface area contributed by atoms with Crippen LogP contribution in [0.4, 0.5) is 0 Å². The van der Waals surface area contributed by atoms with Crippen LogP contribution in [-0.2, 0) is 16.7 Å². The number of methoxy groups -OCH3 is 2. The van der Waals surface area contributed by atoms with Gasteiger partial charge in [-0.25, -0.2) is 9.78 Å². The zero-order chi connectivity index (χ0) is 23.2. The molecule has 1 saturated carbocycles. The van der Waals surface area contributed by atoms with E-state index in [0.29, 0.717) is 11.6 Å². The first-order valence-electron chi connectivity index (χ1n) is 11.2. The molecule has 0 radical (unpaired) electrons. The van der Waals surface area contributed by atoms with Crippen LogP contribution in [0.2, 0.25) is 0 Å². The first-order chi connectivity index (χ1) is 16.0. The van der Waals surface area contributed by atoms with Crippen molar-refractivity contribution in [3.8, 4) is 34.0 Å². The molecule has 0 bridgehead atoms. The maximum absolute atomic E-state index is 12.9. The number of fused-ring (bicyclic) bond motifs is 4. The third kappa shape index (κ3) is 3.39. The Hall–Kier alpha value is -3.61. The maximum atomic E-state index is 12.9. The van der Waals surface area contributed by atoms with E-state index in [1.807, 2.05) is 18.2 Å². The average Bonchev–Trinajstić information content (AvgIpc) is 2.81. The van der Waals surface area contributed by atoms with Crippen molar-refractivity contribution in [1.82, 2.24) is 9.55 Å². The topological polar surface area (TPSA) is 79.7 Å². The quantitative estimate of drug-likeness (QED) is 0.547. The fourth-order valence-electron chi connectivity index (χ4n) is 5.00. The molecule has 0 N–H and O–H groups in total. The Kier molecular flexibility index (Phi) is 5.19. The summed E-state index contributed by atoms with van der Waals surface area (Å²) in [5.74, 6) is 0.673. The first kappa shape index (κ1) is 21.2. The summed E-state index contributed by atoms with van der Waals surface area (Å²) in [4.78, 5) is 29.6. The molecule has 0 amide bonds. The van der Waals surface area contributed by atoms with Gasteiger partial charge in [0.05, 0.1) is 26.5 Å². The van der Waals surface area contributed by atoms with Gasteiger partial charge in [0.1, 0.15) is 11.3 Å². The number of hydrogen-bond donors (Lipinski definition) is 0. The predicted molar refractivity (Wildman–Crippen MR) is 124 cm³/mol. The molecule has 1 aliphatic heterocycles. The molecule has 0 atom stereocenters. The number of ether oxygens (including phenoxy) is 3. The van der Waals surface area contributed by atoms with Crippen LogP contribution < -0.4 is 14.9 Å². The Morgan fingerprint density at radius 1 is 1.12 bits per heavy atom. The molecule has 1 fully saturated rings. The highest BCUT2D eigenvalue weighted by Crippen LogP contribution is 2.50. The lowest BCUT2D eigenvalue weighted by Gasteiger charge is -2.49. The van der Waals surface area contributed by atoms with Crippen molar-refractivity contribution in [2.75, 3.05) is 20.8 Å². The van der Waals surface area contributed by atoms with Crippen LogP contribution >= 0.6 is 0 Å². The number of carbonyl (C=O) groups is 1. The van der Waals surface area contributed by atoms with Gasteiger partial charge in [0, 0.05) is 46.8 Å². The second-order valence-corrected chi connectivity index (χ2v) is 8.58. The van der Waals surface area contributed by atoms with Gasteiger partial charge in [-0.05, 0) is 56.4 Å². The molecule has 2 aromatic heterocycles. The van der Waals surface area contributed by atoms with Gasteiger partial charge in [-0.15, -0.1) is 0 Å². The molecule has 170 valence electrons. The van der Waals surface area contributed by atoms with Gasteiger partial charge in [0.25, 0.3) is 0 Å². The summed E-state index contributed by atoms with van der Waals surface area (Å²) in [5, 5.41) is 0. The monoisotopic (exact) mass is 446 g/mol. The normalized spacial score (nSPS) is 15.2. The smallest absolute Gasteiger partial charge is 0.343 e. The van der Waals surface area contributed by atoms with Crippen LogP contribution in [0.15, 0.2) is 47.5 Å². The summed E-state index contributed by atoms with van der Waals surface area (Å²) in [6.45, 7) is 1.97. The highest BCUT2D eigenvalue weighted by molar-refractivity contribution is 5.90. The van der Waals surface area contributed by atoms with E-state index >= 15 is 0 Å². The van der Waals surface area contributed by atoms with Gasteiger partial charge in [0.2, 0.25) is 5.88 Å². The Morgan fingerprint density at radius 3 is 2.55 bits per heavy atom. The van der Waals surface area contributed by atoms with Crippen molar-refractivity contribution in [2.45, 2.75) is 38.1 Å². The van der Waals surface area contributed by atoms with Crippen molar-refractivity contribution in [3.05, 3.63) is 64.1 Å². The van der Waals surface area contributed by atoms with E-state index in [1.165, 1.54) is 0 Å². The molecule has 5 rings (SSSR count). The average molecular weight is 447 g/mol. The van der Waals surface area contributed by atoms with Gasteiger partial charge < -0.3 is 18.8 Å². The fourth-order valence-corrected chi connectivity index (χ4v) is 5.00. The molecule has 1 spiro atoms. The number of carbonyl (C=O) groups excluding carboxylic acids is 1. The standard InChI is InChI=1S/C26H26N2O5/c1-4-33-25(30)20-15-28-21(12-22(20)29)18-11-23(31-2)19(16-6-7-24(32-3)27-14-16)10-17(18)13-26(28)8-5-9-26/h6-7,10-12,14-15H,4-5,8-9,13H2,1-3H3. The number of aromatic nitrogens is 2. The molecule has 0 unspecified atom stereocenters. The molecule has 2 aliphatic rings. The van der Waals surface area contributed by atoms with E-state index in [1.54, 1.807) is 39.6 Å². The van der Waals surface area contributed by atoms with Crippen molar-refractivity contribution in [1.29, 1.82) is 0 Å². The minimum absolute atomic E-state index is 0.0863. The third-order valence-electron chi connectivity index (χ3n) is 6.82. The molecule has 7 heteroatoms. The molecular formula is C26H26N2O5. The minimum atomic E-state index is -0.571. The van der Waals surface area contributed by atoms with Crippen LogP contribution in [0.25, 0.3) is 22.4 Å². The van der Waals surface area contributed by atoms with Crippen LogP contribution in [0, 0.1) is 0 Å². The minimum Gasteiger partial charge on any atom is -0.496 e. The Morgan fingerprint density at radius 2 is 1.94 bits per heavy atom. The molecule has 0 saturated heterocycles. The number of rotatable bonds is 5. The van der Waals surface area contributed by atoms with Crippen LogP contribution in [0.1, 0.15) is 42.1 Å². The summed E-state index contributed by atoms with van der Waals surface area (Å²) < 4.78 is 18.2. The molecule has 3 heterocycles. The molecule has 3 aromatic rings. The molecule has 1 aromatic carbocycles. The second-order valence-electron chi connectivity index (χ2n) is 8.58. The van der Waals surface area contributed by atoms with Crippen molar-refractivity contribution < 1.29 is 19.0 Å². The van der Waals surface area contributed by atoms with Gasteiger partial charge >= 0.3 is 5.97 Å². The highest BCUT2D eigenvalue weighted by atomic mass is 16.5. The second kappa shape index (κ2) is 8.06. The zero-order valence-electron chi connectivity index (χ0n) is 19.0. The number of hydrogen-bond acceptors (Lipinski definition) is 6. The first-order valence-corrected chi connectivity index (χ1v) is 11.2. The van der Waals surface area contributed by atoms with E-state index < -0.39 is 5.97 Å². The SMILES string of the molecule is CCOC(=O)c1cn2c(cc1=O)-c1cc(OC)c(-c3ccc(OC)nc3)cc1CC21CCC1. The Bertz CT molecular complexity index is 1290. The van der Waals surface area contributed by atoms with E-state index in [4.69, 9.17) is 14.2 Å². The number of esters is 1. The fraction of sp³-hybridized carbons (Fsp3) is 0.346. The van der Waals surface area contributed by atoms with E-state index in [-0.39, 0.29) is 23.1 Å². The number of benzene rings is 1. The lowest BCUT2D eigenvalue weighted by molar-refractivity contribution is 0.0521. The zero-order valence-corrected chi connectivity index (χ0v) is 19.0. The summed E-state index contributed by atoms with van der Waals surface area (Å²) in [6, 6.07) is 9.48. The van der Waals surface area contributed by atoms with Gasteiger partial charge in [-0.3, -0.25) is 4.79 Å². The lowest BCUT2D eigenvalue weighted by atomic mass is 9.69. The molecule has 33 heavy (non-hydrogen) atoms. The summed E-state index contributed by atoms with van der Waals surface area (Å²) in [7, 11) is 3.22. The highest BCUT2D eigenvalue weighted by Gasteiger charge is 2.43. The number of nitrogens with zero attached hydrogens (tertiary/aromatic N) is 2. The van der Waals surface area contributed by atoms with Gasteiger partial charge in [0.15, 0.2) is 5.43 Å². The molecule has 1 aliphatic carbocycles. The van der Waals surface area contributed by atoms with Gasteiger partial charge in [-0.2, -0.15) is 0 Å². The Balaban J connectivity index is 1.68. The summed E-state index contributed by atoms with van der Waals surface area (Å²) >= 11 is 0. The van der Waals surface area contributed by atoms with Crippen LogP contribution in [0.5, 0.6) is 11.6 Å². The van der Waals surface area contributed by atoms with E-state index in [0.717, 1.165) is 53.6 Å². The third-order valence-corrected chi connectivity index (χ3v) is 6.82. The van der Waals surface area contributed by atoms with Gasteiger partial charge in [-0.1, -0.05) is 0 Å². The van der Waals surface area contributed by atoms with E-state index in [2.05, 4.69) is 15.6 Å². The summed E-state index contributed by atoms with van der Waals surface area (Å²) in [5.41, 5.74) is 4.41. The summed E-state index contributed by atoms with van der Waals surface area (Å²) in [6.07, 6.45) is 7.40. The van der Waals surface area contributed by atoms with E-state index in [9.17, 15) is 9.59 Å².